The Balaban J connectivity index is 1.42. The fraction of sp³-hybridized carbons (Fsp3) is 0.867. The summed E-state index contributed by atoms with van der Waals surface area (Å²) < 4.78 is 43.9. The first kappa shape index (κ1) is 35.3. The quantitative estimate of drug-likeness (QED) is 0.0834. The predicted octanol–water partition coefficient (Wildman–Crippen LogP) is 6.84. The van der Waals surface area contributed by atoms with Crippen LogP contribution in [0.4, 0.5) is 0 Å². The van der Waals surface area contributed by atoms with Crippen LogP contribution in [0.1, 0.15) is 103 Å². The fourth-order valence-electron chi connectivity index (χ4n) is 5.03. The zero-order valence-electron chi connectivity index (χ0n) is 24.8. The fourth-order valence-corrected chi connectivity index (χ4v) is 6.23. The van der Waals surface area contributed by atoms with E-state index >= 15 is 0 Å². The minimum absolute atomic E-state index is 0.0364. The summed E-state index contributed by atoms with van der Waals surface area (Å²) >= 11 is 1.69. The van der Waals surface area contributed by atoms with E-state index in [0.29, 0.717) is 19.2 Å². The van der Waals surface area contributed by atoms with E-state index in [9.17, 15) is 8.42 Å². The van der Waals surface area contributed by atoms with Crippen LogP contribution in [0.15, 0.2) is 18.5 Å². The van der Waals surface area contributed by atoms with E-state index in [2.05, 4.69) is 14.2 Å². The second-order valence-electron chi connectivity index (χ2n) is 10.9. The van der Waals surface area contributed by atoms with Crippen molar-refractivity contribution in [2.45, 2.75) is 109 Å². The van der Waals surface area contributed by atoms with Gasteiger partial charge in [0.2, 0.25) is 0 Å². The van der Waals surface area contributed by atoms with Crippen LogP contribution in [0, 0.1) is 5.92 Å². The Hall–Kier alpha value is -0.940. The van der Waals surface area contributed by atoms with Gasteiger partial charge >= 0.3 is 6.01 Å². The van der Waals surface area contributed by atoms with E-state index in [-0.39, 0.29) is 19.3 Å². The van der Waals surface area contributed by atoms with Gasteiger partial charge in [-0.15, -0.1) is 0 Å². The lowest BCUT2D eigenvalue weighted by Crippen LogP contribution is -2.27. The van der Waals surface area contributed by atoms with Crippen molar-refractivity contribution in [2.24, 2.45) is 5.92 Å². The van der Waals surface area contributed by atoms with Crippen molar-refractivity contribution in [2.75, 3.05) is 50.8 Å². The monoisotopic (exact) mass is 602 g/mol. The topological polar surface area (TPSA) is 96.8 Å². The molecule has 0 radical (unpaired) electrons. The van der Waals surface area contributed by atoms with Gasteiger partial charge in [-0.25, -0.2) is 9.97 Å². The Labute approximate surface area is 248 Å². The predicted molar refractivity (Wildman–Crippen MR) is 164 cm³/mol. The second-order valence-corrected chi connectivity index (χ2v) is 13.7. The van der Waals surface area contributed by atoms with E-state index in [4.69, 9.17) is 14.2 Å². The maximum absolute atomic E-state index is 10.9. The second kappa shape index (κ2) is 23.6. The number of aromatic nitrogens is 2. The maximum atomic E-state index is 10.9. The van der Waals surface area contributed by atoms with Crippen LogP contribution in [0.25, 0.3) is 0 Å². The molecule has 1 heterocycles. The maximum Gasteiger partial charge on any atom is 0.316 e. The molecule has 1 saturated carbocycles. The van der Waals surface area contributed by atoms with Crippen molar-refractivity contribution < 1.29 is 26.8 Å². The van der Waals surface area contributed by atoms with E-state index < -0.39 is 10.1 Å². The van der Waals surface area contributed by atoms with Gasteiger partial charge < -0.3 is 14.2 Å². The molecule has 0 spiro atoms. The van der Waals surface area contributed by atoms with Crippen molar-refractivity contribution in [3.8, 4) is 6.01 Å². The Morgan fingerprint density at radius 1 is 0.825 bits per heavy atom. The zero-order valence-corrected chi connectivity index (χ0v) is 26.4. The molecule has 232 valence electrons. The minimum Gasteiger partial charge on any atom is -0.457 e. The molecule has 0 amide bonds. The molecule has 1 aromatic rings. The number of nitrogens with zero attached hydrogens (tertiary/aromatic N) is 2. The molecule has 1 fully saturated rings. The lowest BCUT2D eigenvalue weighted by molar-refractivity contribution is 0.0541. The molecule has 1 aromatic heterocycles. The zero-order chi connectivity index (χ0) is 28.6. The van der Waals surface area contributed by atoms with E-state index in [0.717, 1.165) is 36.7 Å². The highest BCUT2D eigenvalue weighted by Gasteiger charge is 2.14. The normalized spacial score (nSPS) is 15.3. The molecule has 0 N–H and O–H groups in total. The SMILES string of the molecule is CS(=O)(=O)OCCOCCSCC(COCCCCCCCCCCCCC1CCCCC1)Oc1ncccn1. The lowest BCUT2D eigenvalue weighted by Gasteiger charge is -2.21. The molecule has 2 rings (SSSR count). The van der Waals surface area contributed by atoms with Crippen LogP contribution >= 0.6 is 11.8 Å². The number of thioether (sulfide) groups is 1. The molecule has 0 aliphatic heterocycles. The van der Waals surface area contributed by atoms with Gasteiger partial charge in [0, 0.05) is 30.5 Å². The summed E-state index contributed by atoms with van der Waals surface area (Å²) in [6.07, 6.45) is 26.5. The highest BCUT2D eigenvalue weighted by molar-refractivity contribution is 7.99. The van der Waals surface area contributed by atoms with Gasteiger partial charge in [-0.2, -0.15) is 20.2 Å². The van der Waals surface area contributed by atoms with Crippen molar-refractivity contribution in [3.63, 3.8) is 0 Å². The molecule has 0 aromatic carbocycles. The highest BCUT2D eigenvalue weighted by Crippen LogP contribution is 2.28. The van der Waals surface area contributed by atoms with Gasteiger partial charge in [0.25, 0.3) is 10.1 Å². The summed E-state index contributed by atoms with van der Waals surface area (Å²) in [5, 5.41) is 0. The summed E-state index contributed by atoms with van der Waals surface area (Å²) in [5.41, 5.74) is 0. The molecule has 0 saturated heterocycles. The Kier molecular flexibility index (Phi) is 20.8. The third-order valence-electron chi connectivity index (χ3n) is 7.19. The summed E-state index contributed by atoms with van der Waals surface area (Å²) in [6, 6.07) is 2.12. The summed E-state index contributed by atoms with van der Waals surface area (Å²) in [4.78, 5) is 8.33. The summed E-state index contributed by atoms with van der Waals surface area (Å²) in [6.45, 7) is 2.02. The average molecular weight is 603 g/mol. The molecule has 1 atom stereocenters. The molecular formula is C30H54N2O6S2. The number of unbranched alkanes of at least 4 members (excludes halogenated alkanes) is 9. The van der Waals surface area contributed by atoms with Gasteiger partial charge in [-0.05, 0) is 18.4 Å². The summed E-state index contributed by atoms with van der Waals surface area (Å²) in [7, 11) is -3.42. The number of ether oxygens (including phenoxy) is 3. The van der Waals surface area contributed by atoms with E-state index in [1.165, 1.54) is 96.3 Å². The van der Waals surface area contributed by atoms with Gasteiger partial charge in [0.05, 0.1) is 32.7 Å². The van der Waals surface area contributed by atoms with Gasteiger partial charge in [0.15, 0.2) is 0 Å². The van der Waals surface area contributed by atoms with Gasteiger partial charge in [-0.1, -0.05) is 96.3 Å². The average Bonchev–Trinajstić information content (AvgIpc) is 2.95. The van der Waals surface area contributed by atoms with Crippen molar-refractivity contribution in [1.82, 2.24) is 9.97 Å². The largest absolute Gasteiger partial charge is 0.457 e. The Morgan fingerprint density at radius 2 is 1.48 bits per heavy atom. The van der Waals surface area contributed by atoms with E-state index in [1.54, 1.807) is 30.2 Å². The number of hydrogen-bond donors (Lipinski definition) is 0. The first-order valence-electron chi connectivity index (χ1n) is 15.5. The third kappa shape index (κ3) is 20.9. The van der Waals surface area contributed by atoms with Crippen LogP contribution in [-0.4, -0.2) is 75.3 Å². The standard InChI is InChI=1S/C30H54N2O6S2/c1-40(33,34)37-23-22-35-24-25-39-27-29(38-30-31-19-15-20-32-30)26-36-21-14-9-7-5-3-2-4-6-8-11-16-28-17-12-10-13-18-28/h15,19-20,28-29H,2-14,16-18,21-27H2,1H3. The molecule has 40 heavy (non-hydrogen) atoms. The molecule has 0 bridgehead atoms. The van der Waals surface area contributed by atoms with Crippen LogP contribution in [0.5, 0.6) is 6.01 Å². The lowest BCUT2D eigenvalue weighted by atomic mass is 9.85. The first-order chi connectivity index (χ1) is 19.5. The van der Waals surface area contributed by atoms with E-state index in [1.807, 2.05) is 0 Å². The molecule has 8 nitrogen and oxygen atoms in total. The van der Waals surface area contributed by atoms with Crippen LogP contribution in [0.2, 0.25) is 0 Å². The van der Waals surface area contributed by atoms with Crippen molar-refractivity contribution in [1.29, 1.82) is 0 Å². The minimum atomic E-state index is -3.42. The number of rotatable bonds is 26. The highest BCUT2D eigenvalue weighted by atomic mass is 32.2. The molecular weight excluding hydrogens is 548 g/mol. The van der Waals surface area contributed by atoms with Crippen molar-refractivity contribution >= 4 is 21.9 Å². The van der Waals surface area contributed by atoms with Crippen LogP contribution < -0.4 is 4.74 Å². The Morgan fingerprint density at radius 3 is 2.15 bits per heavy atom. The summed E-state index contributed by atoms with van der Waals surface area (Å²) in [5.74, 6) is 2.53. The van der Waals surface area contributed by atoms with Gasteiger partial charge in [-0.3, -0.25) is 4.18 Å². The van der Waals surface area contributed by atoms with Crippen molar-refractivity contribution in [3.05, 3.63) is 18.5 Å². The molecule has 1 aliphatic carbocycles. The van der Waals surface area contributed by atoms with Crippen LogP contribution in [0.3, 0.4) is 0 Å². The van der Waals surface area contributed by atoms with Gasteiger partial charge in [0.1, 0.15) is 6.10 Å². The Bertz CT molecular complexity index is 810. The number of hydrogen-bond acceptors (Lipinski definition) is 9. The smallest absolute Gasteiger partial charge is 0.316 e. The molecule has 10 heteroatoms. The van der Waals surface area contributed by atoms with Crippen LogP contribution in [-0.2, 0) is 23.8 Å². The third-order valence-corrected chi connectivity index (χ3v) is 8.85. The molecule has 1 unspecified atom stereocenters. The molecule has 1 aliphatic rings. The first-order valence-corrected chi connectivity index (χ1v) is 18.5.